The van der Waals surface area contributed by atoms with Gasteiger partial charge in [-0.15, -0.1) is 16.4 Å². The molecule has 0 spiro atoms. The van der Waals surface area contributed by atoms with Gasteiger partial charge in [0.2, 0.25) is 11.6 Å². The lowest BCUT2D eigenvalue weighted by Crippen LogP contribution is -2.20. The summed E-state index contributed by atoms with van der Waals surface area (Å²) in [6.07, 6.45) is 4.67. The molecule has 0 radical (unpaired) electrons. The summed E-state index contributed by atoms with van der Waals surface area (Å²) in [4.78, 5) is 13.9. The molecule has 0 unspecified atom stereocenters. The standard InChI is InChI=1S/C22H20N10O2S/c1-2-7-16-19(25-30-32(16)21-20(23)28-34-29-21)22(33)26-24-12-14-13-31(15-8-4-3-5-9-15)27-18(14)17-10-6-11-35-17/h3-6,8-13H,2,7H2,1H3,(H2,23,28)(H,26,33)/b24-12+. The molecule has 1 aromatic carbocycles. The Morgan fingerprint density at radius 2 is 2.09 bits per heavy atom. The summed E-state index contributed by atoms with van der Waals surface area (Å²) in [5.74, 6) is -0.287. The molecule has 0 fully saturated rings. The highest BCUT2D eigenvalue weighted by Crippen LogP contribution is 2.27. The van der Waals surface area contributed by atoms with Gasteiger partial charge in [0.05, 0.1) is 22.5 Å². The lowest BCUT2D eigenvalue weighted by Gasteiger charge is -2.03. The van der Waals surface area contributed by atoms with E-state index in [1.165, 1.54) is 4.68 Å². The number of para-hydroxylation sites is 1. The zero-order valence-electron chi connectivity index (χ0n) is 18.6. The molecule has 0 aliphatic carbocycles. The Morgan fingerprint density at radius 3 is 2.80 bits per heavy atom. The van der Waals surface area contributed by atoms with Crippen molar-refractivity contribution in [1.82, 2.24) is 40.5 Å². The molecule has 13 heteroatoms. The number of hydrogen-bond donors (Lipinski definition) is 2. The van der Waals surface area contributed by atoms with Crippen LogP contribution in [0.15, 0.2) is 63.8 Å². The fraction of sp³-hybridized carbons (Fsp3) is 0.136. The zero-order valence-corrected chi connectivity index (χ0v) is 19.4. The minimum Gasteiger partial charge on any atom is -0.378 e. The van der Waals surface area contributed by atoms with Gasteiger partial charge >= 0.3 is 0 Å². The molecule has 0 aliphatic rings. The molecule has 0 atom stereocenters. The van der Waals surface area contributed by atoms with E-state index >= 15 is 0 Å². The SMILES string of the molecule is CCCc1c(C(=O)N/N=C/c2cn(-c3ccccc3)nc2-c2cccs2)nnn1-c1nonc1N. The van der Waals surface area contributed by atoms with E-state index in [9.17, 15) is 4.79 Å². The number of amides is 1. The van der Waals surface area contributed by atoms with Crippen molar-refractivity contribution in [1.29, 1.82) is 0 Å². The van der Waals surface area contributed by atoms with Crippen LogP contribution >= 0.6 is 11.3 Å². The Kier molecular flexibility index (Phi) is 6.13. The van der Waals surface area contributed by atoms with Crippen molar-refractivity contribution in [3.05, 3.63) is 71.0 Å². The molecule has 4 aromatic heterocycles. The van der Waals surface area contributed by atoms with E-state index in [1.54, 1.807) is 22.2 Å². The van der Waals surface area contributed by atoms with Crippen molar-refractivity contribution in [3.63, 3.8) is 0 Å². The lowest BCUT2D eigenvalue weighted by atomic mass is 10.2. The van der Waals surface area contributed by atoms with Crippen LogP contribution in [-0.2, 0) is 6.42 Å². The van der Waals surface area contributed by atoms with Crippen LogP contribution in [0.5, 0.6) is 0 Å². The number of benzene rings is 1. The molecule has 0 bridgehead atoms. The van der Waals surface area contributed by atoms with Crippen molar-refractivity contribution in [2.45, 2.75) is 19.8 Å². The van der Waals surface area contributed by atoms with Crippen LogP contribution in [0.25, 0.3) is 22.1 Å². The van der Waals surface area contributed by atoms with E-state index < -0.39 is 5.91 Å². The van der Waals surface area contributed by atoms with Gasteiger partial charge in [-0.2, -0.15) is 14.9 Å². The van der Waals surface area contributed by atoms with E-state index in [0.29, 0.717) is 12.1 Å². The summed E-state index contributed by atoms with van der Waals surface area (Å²) < 4.78 is 7.78. The van der Waals surface area contributed by atoms with E-state index in [0.717, 1.165) is 28.2 Å². The van der Waals surface area contributed by atoms with Gasteiger partial charge in [0.25, 0.3) is 5.91 Å². The molecular weight excluding hydrogens is 468 g/mol. The fourth-order valence-corrected chi connectivity index (χ4v) is 4.19. The topological polar surface area (TPSA) is 155 Å². The highest BCUT2D eigenvalue weighted by atomic mass is 32.1. The summed E-state index contributed by atoms with van der Waals surface area (Å²) in [6, 6.07) is 13.7. The first kappa shape index (κ1) is 22.2. The summed E-state index contributed by atoms with van der Waals surface area (Å²) in [6.45, 7) is 1.97. The maximum Gasteiger partial charge on any atom is 0.293 e. The van der Waals surface area contributed by atoms with E-state index in [1.807, 2.05) is 61.0 Å². The smallest absolute Gasteiger partial charge is 0.293 e. The lowest BCUT2D eigenvalue weighted by molar-refractivity contribution is 0.0949. The third kappa shape index (κ3) is 4.44. The van der Waals surface area contributed by atoms with Gasteiger partial charge in [-0.05, 0) is 40.3 Å². The van der Waals surface area contributed by atoms with Crippen molar-refractivity contribution in [2.24, 2.45) is 5.10 Å². The average molecular weight is 489 g/mol. The summed E-state index contributed by atoms with van der Waals surface area (Å²) in [5.41, 5.74) is 11.4. The van der Waals surface area contributed by atoms with Gasteiger partial charge < -0.3 is 5.73 Å². The Bertz CT molecular complexity index is 1470. The van der Waals surface area contributed by atoms with Crippen molar-refractivity contribution >= 4 is 29.3 Å². The maximum absolute atomic E-state index is 12.9. The second-order valence-corrected chi connectivity index (χ2v) is 8.36. The average Bonchev–Trinajstić information content (AvgIpc) is 3.67. The molecular formula is C22H20N10O2S. The van der Waals surface area contributed by atoms with Gasteiger partial charge in [0.1, 0.15) is 5.69 Å². The van der Waals surface area contributed by atoms with Crippen LogP contribution in [0.3, 0.4) is 0 Å². The minimum absolute atomic E-state index is 0.0498. The molecule has 3 N–H and O–H groups in total. The highest BCUT2D eigenvalue weighted by Gasteiger charge is 2.23. The van der Waals surface area contributed by atoms with Crippen LogP contribution in [0.4, 0.5) is 5.82 Å². The summed E-state index contributed by atoms with van der Waals surface area (Å²) in [7, 11) is 0. The number of nitrogen functional groups attached to an aromatic ring is 1. The Labute approximate surface area is 203 Å². The number of hydrogen-bond acceptors (Lipinski definition) is 10. The normalized spacial score (nSPS) is 11.3. The second kappa shape index (κ2) is 9.69. The number of thiophene rings is 1. The third-order valence-electron chi connectivity index (χ3n) is 5.05. The first-order chi connectivity index (χ1) is 17.2. The molecule has 176 valence electrons. The predicted octanol–water partition coefficient (Wildman–Crippen LogP) is 2.86. The zero-order chi connectivity index (χ0) is 24.2. The van der Waals surface area contributed by atoms with Crippen molar-refractivity contribution in [2.75, 3.05) is 5.73 Å². The number of nitrogens with two attached hydrogens (primary N) is 1. The predicted molar refractivity (Wildman–Crippen MR) is 130 cm³/mol. The van der Waals surface area contributed by atoms with E-state index in [4.69, 9.17) is 10.8 Å². The van der Waals surface area contributed by atoms with Crippen LogP contribution in [0.1, 0.15) is 35.1 Å². The molecule has 5 rings (SSSR count). The number of hydrazone groups is 1. The highest BCUT2D eigenvalue weighted by molar-refractivity contribution is 7.13. The summed E-state index contributed by atoms with van der Waals surface area (Å²) in [5, 5.41) is 26.2. The summed E-state index contributed by atoms with van der Waals surface area (Å²) >= 11 is 1.57. The molecule has 4 heterocycles. The molecule has 35 heavy (non-hydrogen) atoms. The van der Waals surface area contributed by atoms with E-state index in [2.05, 4.69) is 35.8 Å². The largest absolute Gasteiger partial charge is 0.378 e. The van der Waals surface area contributed by atoms with Gasteiger partial charge in [-0.3, -0.25) is 4.79 Å². The Hall–Kier alpha value is -4.65. The number of aromatic nitrogens is 7. The van der Waals surface area contributed by atoms with Crippen molar-refractivity contribution < 1.29 is 9.42 Å². The van der Waals surface area contributed by atoms with Crippen molar-refractivity contribution in [3.8, 4) is 22.1 Å². The number of nitrogens with zero attached hydrogens (tertiary/aromatic N) is 8. The van der Waals surface area contributed by atoms with E-state index in [-0.39, 0.29) is 17.3 Å². The first-order valence-electron chi connectivity index (χ1n) is 10.7. The van der Waals surface area contributed by atoms with Crippen LogP contribution < -0.4 is 11.2 Å². The molecule has 0 saturated carbocycles. The first-order valence-corrected chi connectivity index (χ1v) is 11.6. The molecule has 0 aliphatic heterocycles. The van der Waals surface area contributed by atoms with Gasteiger partial charge in [0.15, 0.2) is 5.69 Å². The number of carbonyl (C=O) groups excluding carboxylic acids is 1. The monoisotopic (exact) mass is 488 g/mol. The van der Waals surface area contributed by atoms with Crippen LogP contribution in [0.2, 0.25) is 0 Å². The van der Waals surface area contributed by atoms with Gasteiger partial charge in [-0.1, -0.05) is 42.8 Å². The van der Waals surface area contributed by atoms with Crippen LogP contribution in [-0.4, -0.2) is 47.2 Å². The molecule has 1 amide bonds. The third-order valence-corrected chi connectivity index (χ3v) is 5.93. The number of carbonyl (C=O) groups is 1. The minimum atomic E-state index is -0.515. The van der Waals surface area contributed by atoms with Crippen LogP contribution in [0, 0.1) is 0 Å². The van der Waals surface area contributed by atoms with Gasteiger partial charge in [-0.25, -0.2) is 14.7 Å². The fourth-order valence-electron chi connectivity index (χ4n) is 3.46. The number of nitrogens with one attached hydrogen (secondary N) is 1. The molecule has 5 aromatic rings. The quantitative estimate of drug-likeness (QED) is 0.249. The Morgan fingerprint density at radius 1 is 1.23 bits per heavy atom. The molecule has 12 nitrogen and oxygen atoms in total. The number of anilines is 1. The number of rotatable bonds is 8. The Balaban J connectivity index is 1.41. The molecule has 0 saturated heterocycles. The second-order valence-electron chi connectivity index (χ2n) is 7.41. The van der Waals surface area contributed by atoms with Gasteiger partial charge in [0, 0.05) is 11.8 Å². The maximum atomic E-state index is 12.9.